The summed E-state index contributed by atoms with van der Waals surface area (Å²) in [6.45, 7) is 2.46. The van der Waals surface area contributed by atoms with E-state index < -0.39 is 0 Å². The molecule has 6 heteroatoms. The number of carbonyl (C=O) groups excluding carboxylic acids is 2. The maximum Gasteiger partial charge on any atom is 0.255 e. The number of halogens is 1. The van der Waals surface area contributed by atoms with Gasteiger partial charge >= 0.3 is 0 Å². The Kier molecular flexibility index (Phi) is 6.87. The molecule has 0 unspecified atom stereocenters. The Morgan fingerprint density at radius 1 is 0.862 bits per heavy atom. The predicted octanol–water partition coefficient (Wildman–Crippen LogP) is 4.63. The maximum atomic E-state index is 12.4. The molecule has 2 amide bonds. The van der Waals surface area contributed by atoms with Gasteiger partial charge in [-0.05, 0) is 54.4 Å². The molecule has 5 nitrogen and oxygen atoms in total. The highest BCUT2D eigenvalue weighted by Crippen LogP contribution is 2.23. The van der Waals surface area contributed by atoms with Crippen molar-refractivity contribution in [1.29, 1.82) is 0 Å². The summed E-state index contributed by atoms with van der Waals surface area (Å²) < 4.78 is 0. The average Bonchev–Trinajstić information content (AvgIpc) is 2.74. The van der Waals surface area contributed by atoms with E-state index >= 15 is 0 Å². The summed E-state index contributed by atoms with van der Waals surface area (Å²) in [4.78, 5) is 24.5. The van der Waals surface area contributed by atoms with Crippen LogP contribution in [0.4, 0.5) is 11.4 Å². The Bertz CT molecular complexity index is 989. The Labute approximate surface area is 175 Å². The minimum absolute atomic E-state index is 0.127. The van der Waals surface area contributed by atoms with Crippen molar-refractivity contribution in [3.05, 3.63) is 94.5 Å². The van der Waals surface area contributed by atoms with Gasteiger partial charge in [-0.25, -0.2) is 0 Å². The predicted molar refractivity (Wildman–Crippen MR) is 117 cm³/mol. The molecule has 0 aliphatic rings. The van der Waals surface area contributed by atoms with Gasteiger partial charge in [0, 0.05) is 28.5 Å². The molecule has 0 aromatic heterocycles. The van der Waals surface area contributed by atoms with Crippen LogP contribution in [-0.4, -0.2) is 18.4 Å². The molecule has 0 radical (unpaired) electrons. The van der Waals surface area contributed by atoms with Crippen LogP contribution < -0.4 is 16.0 Å². The molecular formula is C23H22ClN3O2. The van der Waals surface area contributed by atoms with Crippen LogP contribution in [0.2, 0.25) is 5.02 Å². The van der Waals surface area contributed by atoms with Gasteiger partial charge in [0.05, 0.1) is 6.54 Å². The number of carbonyl (C=O) groups is 2. The molecule has 3 N–H and O–H groups in total. The largest absolute Gasteiger partial charge is 0.376 e. The summed E-state index contributed by atoms with van der Waals surface area (Å²) in [6.07, 6.45) is 0. The molecule has 0 saturated carbocycles. The number of rotatable bonds is 7. The zero-order valence-electron chi connectivity index (χ0n) is 16.0. The van der Waals surface area contributed by atoms with Gasteiger partial charge in [-0.1, -0.05) is 48.0 Å². The van der Waals surface area contributed by atoms with E-state index in [0.717, 1.165) is 16.8 Å². The minimum atomic E-state index is -0.174. The van der Waals surface area contributed by atoms with Gasteiger partial charge in [0.1, 0.15) is 0 Å². The highest BCUT2D eigenvalue weighted by molar-refractivity contribution is 6.30. The molecule has 3 aromatic carbocycles. The maximum absolute atomic E-state index is 12.4. The van der Waals surface area contributed by atoms with Crippen LogP contribution in [0.25, 0.3) is 0 Å². The Balaban J connectivity index is 1.55. The summed E-state index contributed by atoms with van der Waals surface area (Å²) in [5.74, 6) is -0.301. The molecule has 0 spiro atoms. The first-order valence-corrected chi connectivity index (χ1v) is 9.62. The molecule has 0 bridgehead atoms. The summed E-state index contributed by atoms with van der Waals surface area (Å²) in [5.41, 5.74) is 3.92. The lowest BCUT2D eigenvalue weighted by molar-refractivity contribution is -0.119. The lowest BCUT2D eigenvalue weighted by Crippen LogP contribution is -2.29. The van der Waals surface area contributed by atoms with Crippen molar-refractivity contribution < 1.29 is 9.59 Å². The number of hydrogen-bond acceptors (Lipinski definition) is 3. The van der Waals surface area contributed by atoms with Crippen LogP contribution in [0.3, 0.4) is 0 Å². The van der Waals surface area contributed by atoms with Crippen LogP contribution in [0.15, 0.2) is 72.8 Å². The fraction of sp³-hybridized carbons (Fsp3) is 0.130. The normalized spacial score (nSPS) is 10.3. The second-order valence-corrected chi connectivity index (χ2v) is 6.99. The SMILES string of the molecule is Cc1c(NCC(=O)NCc2ccc(Cl)cc2)cccc1NC(=O)c1ccccc1. The third-order valence-corrected chi connectivity index (χ3v) is 4.71. The molecule has 3 aromatic rings. The van der Waals surface area contributed by atoms with Crippen molar-refractivity contribution in [1.82, 2.24) is 5.32 Å². The first kappa shape index (κ1) is 20.4. The number of nitrogens with one attached hydrogen (secondary N) is 3. The number of hydrogen-bond donors (Lipinski definition) is 3. The monoisotopic (exact) mass is 407 g/mol. The molecule has 0 atom stereocenters. The quantitative estimate of drug-likeness (QED) is 0.534. The first-order chi connectivity index (χ1) is 14.0. The van der Waals surface area contributed by atoms with Crippen LogP contribution >= 0.6 is 11.6 Å². The molecule has 0 fully saturated rings. The topological polar surface area (TPSA) is 70.2 Å². The highest BCUT2D eigenvalue weighted by Gasteiger charge is 2.10. The van der Waals surface area contributed by atoms with Crippen molar-refractivity contribution >= 4 is 34.8 Å². The van der Waals surface area contributed by atoms with E-state index in [2.05, 4.69) is 16.0 Å². The summed E-state index contributed by atoms with van der Waals surface area (Å²) in [6, 6.07) is 21.9. The molecule has 0 heterocycles. The third kappa shape index (κ3) is 5.83. The van der Waals surface area contributed by atoms with Crippen molar-refractivity contribution in [2.24, 2.45) is 0 Å². The minimum Gasteiger partial charge on any atom is -0.376 e. The van der Waals surface area contributed by atoms with Crippen molar-refractivity contribution in [3.8, 4) is 0 Å². The van der Waals surface area contributed by atoms with E-state index in [1.807, 2.05) is 55.5 Å². The summed E-state index contributed by atoms with van der Waals surface area (Å²) >= 11 is 5.86. The van der Waals surface area contributed by atoms with Crippen LogP contribution in [-0.2, 0) is 11.3 Å². The zero-order valence-corrected chi connectivity index (χ0v) is 16.8. The lowest BCUT2D eigenvalue weighted by atomic mass is 10.1. The van der Waals surface area contributed by atoms with E-state index in [1.54, 1.807) is 24.3 Å². The van der Waals surface area contributed by atoms with Gasteiger partial charge in [-0.3, -0.25) is 9.59 Å². The van der Waals surface area contributed by atoms with Gasteiger partial charge in [-0.2, -0.15) is 0 Å². The Hall–Kier alpha value is -3.31. The Morgan fingerprint density at radius 2 is 1.55 bits per heavy atom. The van der Waals surface area contributed by atoms with Crippen molar-refractivity contribution in [3.63, 3.8) is 0 Å². The van der Waals surface area contributed by atoms with Crippen LogP contribution in [0, 0.1) is 6.92 Å². The molecular weight excluding hydrogens is 386 g/mol. The smallest absolute Gasteiger partial charge is 0.255 e. The standard InChI is InChI=1S/C23H22ClN3O2/c1-16-20(25-15-22(28)26-14-17-10-12-19(24)13-11-17)8-5-9-21(16)27-23(29)18-6-3-2-4-7-18/h2-13,25H,14-15H2,1H3,(H,26,28)(H,27,29). The molecule has 0 saturated heterocycles. The Morgan fingerprint density at radius 3 is 2.28 bits per heavy atom. The fourth-order valence-electron chi connectivity index (χ4n) is 2.79. The summed E-state index contributed by atoms with van der Waals surface area (Å²) in [5, 5.41) is 9.57. The van der Waals surface area contributed by atoms with Crippen LogP contribution in [0.5, 0.6) is 0 Å². The average molecular weight is 408 g/mol. The zero-order chi connectivity index (χ0) is 20.6. The van der Waals surface area contributed by atoms with Gasteiger partial charge in [0.15, 0.2) is 0 Å². The number of amides is 2. The van der Waals surface area contributed by atoms with Gasteiger partial charge in [0.25, 0.3) is 5.91 Å². The van der Waals surface area contributed by atoms with Crippen LogP contribution in [0.1, 0.15) is 21.5 Å². The number of benzene rings is 3. The lowest BCUT2D eigenvalue weighted by Gasteiger charge is -2.14. The first-order valence-electron chi connectivity index (χ1n) is 9.24. The van der Waals surface area contributed by atoms with Gasteiger partial charge < -0.3 is 16.0 Å². The second kappa shape index (κ2) is 9.75. The van der Waals surface area contributed by atoms with Crippen molar-refractivity contribution in [2.75, 3.05) is 17.2 Å². The fourth-order valence-corrected chi connectivity index (χ4v) is 2.91. The van der Waals surface area contributed by atoms with E-state index in [1.165, 1.54) is 0 Å². The molecule has 3 rings (SSSR count). The van der Waals surface area contributed by atoms with E-state index in [9.17, 15) is 9.59 Å². The molecule has 0 aliphatic heterocycles. The van der Waals surface area contributed by atoms with Crippen molar-refractivity contribution in [2.45, 2.75) is 13.5 Å². The highest BCUT2D eigenvalue weighted by atomic mass is 35.5. The second-order valence-electron chi connectivity index (χ2n) is 6.56. The molecule has 29 heavy (non-hydrogen) atoms. The molecule has 0 aliphatic carbocycles. The summed E-state index contributed by atoms with van der Waals surface area (Å²) in [7, 11) is 0. The molecule has 148 valence electrons. The third-order valence-electron chi connectivity index (χ3n) is 4.46. The number of anilines is 2. The van der Waals surface area contributed by atoms with E-state index in [0.29, 0.717) is 22.8 Å². The van der Waals surface area contributed by atoms with E-state index in [4.69, 9.17) is 11.6 Å². The van der Waals surface area contributed by atoms with Gasteiger partial charge in [0.2, 0.25) is 5.91 Å². The van der Waals surface area contributed by atoms with Gasteiger partial charge in [-0.15, -0.1) is 0 Å². The van der Waals surface area contributed by atoms with E-state index in [-0.39, 0.29) is 18.4 Å².